The van der Waals surface area contributed by atoms with Crippen LogP contribution in [-0.2, 0) is 4.74 Å². The first-order chi connectivity index (χ1) is 9.75. The molecule has 0 aliphatic carbocycles. The van der Waals surface area contributed by atoms with Crippen LogP contribution in [0, 0.1) is 0 Å². The monoisotopic (exact) mass is 342 g/mol. The molecule has 2 heterocycles. The lowest BCUT2D eigenvalue weighted by molar-refractivity contribution is -0.0636. The Morgan fingerprint density at radius 2 is 1.80 bits per heavy atom. The van der Waals surface area contributed by atoms with Gasteiger partial charge in [-0.3, -0.25) is 0 Å². The van der Waals surface area contributed by atoms with Crippen molar-refractivity contribution in [3.8, 4) is 11.5 Å². The van der Waals surface area contributed by atoms with Crippen molar-refractivity contribution in [2.45, 2.75) is 37.9 Å². The molecule has 0 spiro atoms. The molecule has 4 nitrogen and oxygen atoms in total. The van der Waals surface area contributed by atoms with E-state index < -0.39 is 6.10 Å². The summed E-state index contributed by atoms with van der Waals surface area (Å²) in [7, 11) is 0. The van der Waals surface area contributed by atoms with Gasteiger partial charge >= 0.3 is 0 Å². The van der Waals surface area contributed by atoms with Gasteiger partial charge in [0.1, 0.15) is 6.10 Å². The molecule has 3 rings (SSSR count). The third kappa shape index (κ3) is 2.95. The van der Waals surface area contributed by atoms with Crippen molar-refractivity contribution in [3.05, 3.63) is 22.2 Å². The van der Waals surface area contributed by atoms with Gasteiger partial charge in [0.15, 0.2) is 11.5 Å². The molecule has 0 bridgehead atoms. The number of aliphatic hydroxyl groups is 1. The van der Waals surface area contributed by atoms with Crippen LogP contribution in [0.5, 0.6) is 11.5 Å². The standard InChI is InChI=1S/C15H19BrO4/c16-11-9-14-13(19-6-3-7-20-14)8-10(11)15(17)12-4-1-2-5-18-12/h8-9,12,15,17H,1-7H2. The smallest absolute Gasteiger partial charge is 0.162 e. The van der Waals surface area contributed by atoms with Gasteiger partial charge < -0.3 is 19.3 Å². The van der Waals surface area contributed by atoms with E-state index in [4.69, 9.17) is 14.2 Å². The summed E-state index contributed by atoms with van der Waals surface area (Å²) >= 11 is 3.52. The molecule has 2 aliphatic heterocycles. The number of aliphatic hydroxyl groups excluding tert-OH is 1. The minimum absolute atomic E-state index is 0.134. The van der Waals surface area contributed by atoms with Crippen LogP contribution in [0.15, 0.2) is 16.6 Å². The molecule has 2 aliphatic rings. The second kappa shape index (κ2) is 6.33. The number of halogens is 1. The van der Waals surface area contributed by atoms with Crippen molar-refractivity contribution in [1.29, 1.82) is 0 Å². The van der Waals surface area contributed by atoms with Crippen LogP contribution < -0.4 is 9.47 Å². The maximum Gasteiger partial charge on any atom is 0.162 e. The topological polar surface area (TPSA) is 47.9 Å². The number of rotatable bonds is 2. The number of hydrogen-bond acceptors (Lipinski definition) is 4. The molecule has 1 fully saturated rings. The predicted octanol–water partition coefficient (Wildman–Crippen LogP) is 3.21. The Hall–Kier alpha value is -0.780. The van der Waals surface area contributed by atoms with Crippen LogP contribution >= 0.6 is 15.9 Å². The zero-order valence-electron chi connectivity index (χ0n) is 11.3. The highest BCUT2D eigenvalue weighted by atomic mass is 79.9. The summed E-state index contributed by atoms with van der Waals surface area (Å²) in [4.78, 5) is 0. The van der Waals surface area contributed by atoms with Crippen LogP contribution in [0.3, 0.4) is 0 Å². The third-order valence-corrected chi connectivity index (χ3v) is 4.44. The molecule has 0 saturated carbocycles. The fourth-order valence-electron chi connectivity index (χ4n) is 2.64. The number of hydrogen-bond donors (Lipinski definition) is 1. The second-order valence-electron chi connectivity index (χ2n) is 5.22. The van der Waals surface area contributed by atoms with E-state index in [1.54, 1.807) is 0 Å². The van der Waals surface area contributed by atoms with Crippen LogP contribution in [0.4, 0.5) is 0 Å². The van der Waals surface area contributed by atoms with Crippen molar-refractivity contribution in [3.63, 3.8) is 0 Å². The van der Waals surface area contributed by atoms with Gasteiger partial charge in [0, 0.05) is 23.1 Å². The van der Waals surface area contributed by atoms with E-state index >= 15 is 0 Å². The molecule has 2 unspecified atom stereocenters. The first-order valence-corrected chi connectivity index (χ1v) is 7.94. The lowest BCUT2D eigenvalue weighted by atomic mass is 9.98. The van der Waals surface area contributed by atoms with Gasteiger partial charge in [0.2, 0.25) is 0 Å². The molecule has 0 aromatic heterocycles. The van der Waals surface area contributed by atoms with Crippen LogP contribution in [0.25, 0.3) is 0 Å². The second-order valence-corrected chi connectivity index (χ2v) is 6.08. The zero-order valence-corrected chi connectivity index (χ0v) is 12.9. The van der Waals surface area contributed by atoms with E-state index in [2.05, 4.69) is 15.9 Å². The van der Waals surface area contributed by atoms with E-state index in [1.807, 2.05) is 12.1 Å². The number of fused-ring (bicyclic) bond motifs is 1. The summed E-state index contributed by atoms with van der Waals surface area (Å²) in [6.45, 7) is 2.03. The number of ether oxygens (including phenoxy) is 3. The van der Waals surface area contributed by atoms with Gasteiger partial charge in [-0.05, 0) is 31.4 Å². The maximum atomic E-state index is 10.5. The van der Waals surface area contributed by atoms with E-state index in [1.165, 1.54) is 0 Å². The summed E-state index contributed by atoms with van der Waals surface area (Å²) in [6, 6.07) is 3.75. The summed E-state index contributed by atoms with van der Waals surface area (Å²) < 4.78 is 17.8. The summed E-state index contributed by atoms with van der Waals surface area (Å²) in [6.07, 6.45) is 3.17. The van der Waals surface area contributed by atoms with Crippen LogP contribution in [0.1, 0.15) is 37.4 Å². The average molecular weight is 343 g/mol. The molecule has 1 aromatic carbocycles. The Morgan fingerprint density at radius 1 is 1.05 bits per heavy atom. The molecule has 1 aromatic rings. The molecule has 110 valence electrons. The Kier molecular flexibility index (Phi) is 4.48. The van der Waals surface area contributed by atoms with E-state index in [0.29, 0.717) is 19.0 Å². The Morgan fingerprint density at radius 3 is 2.50 bits per heavy atom. The van der Waals surface area contributed by atoms with E-state index in [9.17, 15) is 5.11 Å². The quantitative estimate of drug-likeness (QED) is 0.896. The Balaban J connectivity index is 1.86. The summed E-state index contributed by atoms with van der Waals surface area (Å²) in [5, 5.41) is 10.5. The third-order valence-electron chi connectivity index (χ3n) is 3.75. The van der Waals surface area contributed by atoms with Crippen LogP contribution in [-0.4, -0.2) is 31.0 Å². The molecular formula is C15H19BrO4. The molecular weight excluding hydrogens is 324 g/mol. The molecule has 1 saturated heterocycles. The fraction of sp³-hybridized carbons (Fsp3) is 0.600. The molecule has 2 atom stereocenters. The van der Waals surface area contributed by atoms with Gasteiger partial charge in [-0.15, -0.1) is 0 Å². The maximum absolute atomic E-state index is 10.5. The molecule has 5 heteroatoms. The van der Waals surface area contributed by atoms with Gasteiger partial charge in [-0.2, -0.15) is 0 Å². The SMILES string of the molecule is OC(c1cc2c(cc1Br)OCCCO2)C1CCCCO1. The van der Waals surface area contributed by atoms with Crippen molar-refractivity contribution in [1.82, 2.24) is 0 Å². The highest BCUT2D eigenvalue weighted by Crippen LogP contribution is 2.39. The van der Waals surface area contributed by atoms with Gasteiger partial charge in [0.05, 0.1) is 19.3 Å². The van der Waals surface area contributed by atoms with Crippen molar-refractivity contribution >= 4 is 15.9 Å². The Bertz CT molecular complexity index is 471. The predicted molar refractivity (Wildman–Crippen MR) is 78.3 cm³/mol. The van der Waals surface area contributed by atoms with Gasteiger partial charge in [0.25, 0.3) is 0 Å². The Labute approximate surface area is 127 Å². The largest absolute Gasteiger partial charge is 0.490 e. The first-order valence-electron chi connectivity index (χ1n) is 7.14. The van der Waals surface area contributed by atoms with E-state index in [-0.39, 0.29) is 6.10 Å². The fourth-order valence-corrected chi connectivity index (χ4v) is 3.20. The highest BCUT2D eigenvalue weighted by Gasteiger charge is 2.27. The zero-order chi connectivity index (χ0) is 13.9. The van der Waals surface area contributed by atoms with Gasteiger partial charge in [-0.1, -0.05) is 15.9 Å². The lowest BCUT2D eigenvalue weighted by Gasteiger charge is -2.28. The minimum atomic E-state index is -0.637. The van der Waals surface area contributed by atoms with Crippen molar-refractivity contribution in [2.75, 3.05) is 19.8 Å². The van der Waals surface area contributed by atoms with Gasteiger partial charge in [-0.25, -0.2) is 0 Å². The van der Waals surface area contributed by atoms with Crippen molar-refractivity contribution in [2.24, 2.45) is 0 Å². The molecule has 20 heavy (non-hydrogen) atoms. The normalized spacial score (nSPS) is 24.0. The first kappa shape index (κ1) is 14.2. The highest BCUT2D eigenvalue weighted by molar-refractivity contribution is 9.10. The minimum Gasteiger partial charge on any atom is -0.490 e. The van der Waals surface area contributed by atoms with E-state index in [0.717, 1.165) is 48.1 Å². The van der Waals surface area contributed by atoms with Crippen LogP contribution in [0.2, 0.25) is 0 Å². The molecule has 0 radical (unpaired) electrons. The molecule has 0 amide bonds. The van der Waals surface area contributed by atoms with Crippen molar-refractivity contribution < 1.29 is 19.3 Å². The molecule has 1 N–H and O–H groups in total. The lowest BCUT2D eigenvalue weighted by Crippen LogP contribution is -2.26. The summed E-state index contributed by atoms with van der Waals surface area (Å²) in [5.41, 5.74) is 0.807. The summed E-state index contributed by atoms with van der Waals surface area (Å²) in [5.74, 6) is 1.44. The average Bonchev–Trinajstić information content (AvgIpc) is 2.71. The number of benzene rings is 1.